The third kappa shape index (κ3) is 5.03. The highest BCUT2D eigenvalue weighted by molar-refractivity contribution is 6.30. The third-order valence-corrected chi connectivity index (χ3v) is 6.10. The van der Waals surface area contributed by atoms with E-state index in [-0.39, 0.29) is 5.91 Å². The van der Waals surface area contributed by atoms with E-state index < -0.39 is 30.3 Å². The molecular weight excluding hydrogens is 463 g/mol. The van der Waals surface area contributed by atoms with Gasteiger partial charge in [-0.1, -0.05) is 47.5 Å². The van der Waals surface area contributed by atoms with E-state index in [2.05, 4.69) is 4.98 Å². The van der Waals surface area contributed by atoms with Crippen LogP contribution in [0, 0.1) is 0 Å². The predicted molar refractivity (Wildman–Crippen MR) is 125 cm³/mol. The maximum atomic E-state index is 13.6. The molecule has 2 aromatic carbocycles. The van der Waals surface area contributed by atoms with Gasteiger partial charge in [-0.2, -0.15) is 0 Å². The highest BCUT2D eigenvalue weighted by Crippen LogP contribution is 2.44. The molecule has 0 bridgehead atoms. The van der Waals surface area contributed by atoms with Gasteiger partial charge in [0, 0.05) is 36.4 Å². The molecule has 6 nitrogen and oxygen atoms in total. The van der Waals surface area contributed by atoms with Gasteiger partial charge in [-0.25, -0.2) is 0 Å². The molecular formula is C25H22Cl2N2O4. The highest BCUT2D eigenvalue weighted by Gasteiger charge is 2.47. The predicted octanol–water partition coefficient (Wildman–Crippen LogP) is 5.33. The lowest BCUT2D eigenvalue weighted by atomic mass is 9.90. The van der Waals surface area contributed by atoms with Gasteiger partial charge in [0.05, 0.1) is 6.04 Å². The van der Waals surface area contributed by atoms with Crippen LogP contribution in [0.5, 0.6) is 0 Å². The van der Waals surface area contributed by atoms with Gasteiger partial charge in [0.1, 0.15) is 6.10 Å². The zero-order chi connectivity index (χ0) is 23.5. The van der Waals surface area contributed by atoms with Crippen molar-refractivity contribution in [3.63, 3.8) is 0 Å². The number of nitrogens with zero attached hydrogens (tertiary/aromatic N) is 2. The van der Waals surface area contributed by atoms with Crippen LogP contribution in [0.15, 0.2) is 73.1 Å². The average Bonchev–Trinajstić information content (AvgIpc) is 2.81. The molecule has 33 heavy (non-hydrogen) atoms. The van der Waals surface area contributed by atoms with Crippen molar-refractivity contribution >= 4 is 35.1 Å². The van der Waals surface area contributed by atoms with Crippen LogP contribution < -0.4 is 0 Å². The highest BCUT2D eigenvalue weighted by atomic mass is 35.5. The number of halogens is 2. The second kappa shape index (κ2) is 9.91. The number of hydrogen-bond acceptors (Lipinski definition) is 5. The van der Waals surface area contributed by atoms with Gasteiger partial charge in [-0.15, -0.1) is 0 Å². The molecule has 1 aliphatic heterocycles. The van der Waals surface area contributed by atoms with Crippen LogP contribution in [0.1, 0.15) is 41.9 Å². The summed E-state index contributed by atoms with van der Waals surface area (Å²) >= 11 is 12.2. The van der Waals surface area contributed by atoms with Gasteiger partial charge in [-0.05, 0) is 53.1 Å². The second-order valence-electron chi connectivity index (χ2n) is 7.78. The summed E-state index contributed by atoms with van der Waals surface area (Å²) in [5.41, 5.74) is 2.31. The Balaban J connectivity index is 1.78. The summed E-state index contributed by atoms with van der Waals surface area (Å²) in [6.45, 7) is 1.30. The number of aromatic nitrogens is 1. The standard InChI is InChI=1S/C25H22Cl2N2O4/c1-15(30)32-23(18-11-13-28-14-12-18)24-25(31)29(2)21(16-3-7-19(26)8-4-16)22(33-24)17-5-9-20(27)10-6-17/h3-14,21-24H,1-2H3/t21-,22+,23-,24?/m0/s1. The molecule has 170 valence electrons. The molecule has 4 rings (SSSR count). The zero-order valence-electron chi connectivity index (χ0n) is 18.0. The number of amides is 1. The molecule has 0 aliphatic carbocycles. The average molecular weight is 485 g/mol. The number of carbonyl (C=O) groups excluding carboxylic acids is 2. The first-order valence-corrected chi connectivity index (χ1v) is 11.1. The fraction of sp³-hybridized carbons (Fsp3) is 0.240. The first-order valence-electron chi connectivity index (χ1n) is 10.4. The van der Waals surface area contributed by atoms with Crippen LogP contribution in [0.2, 0.25) is 10.0 Å². The summed E-state index contributed by atoms with van der Waals surface area (Å²) in [4.78, 5) is 31.1. The smallest absolute Gasteiger partial charge is 0.303 e. The summed E-state index contributed by atoms with van der Waals surface area (Å²) in [5.74, 6) is -0.818. The molecule has 1 unspecified atom stereocenters. The van der Waals surface area contributed by atoms with Crippen LogP contribution in [0.3, 0.4) is 0 Å². The summed E-state index contributed by atoms with van der Waals surface area (Å²) < 4.78 is 12.0. The van der Waals surface area contributed by atoms with Crippen LogP contribution in [0.25, 0.3) is 0 Å². The molecule has 1 fully saturated rings. The lowest BCUT2D eigenvalue weighted by molar-refractivity contribution is -0.193. The minimum Gasteiger partial charge on any atom is -0.454 e. The SMILES string of the molecule is CC(=O)O[C@@H](c1ccncc1)C1O[C@H](c2ccc(Cl)cc2)[C@H](c2ccc(Cl)cc2)N(C)C1=O. The lowest BCUT2D eigenvalue weighted by Crippen LogP contribution is -2.51. The number of carbonyl (C=O) groups is 2. The number of rotatable bonds is 5. The quantitative estimate of drug-likeness (QED) is 0.457. The van der Waals surface area contributed by atoms with Crippen LogP contribution >= 0.6 is 23.2 Å². The summed E-state index contributed by atoms with van der Waals surface area (Å²) in [5, 5.41) is 1.19. The summed E-state index contributed by atoms with van der Waals surface area (Å²) in [6, 6.07) is 17.5. The lowest BCUT2D eigenvalue weighted by Gasteiger charge is -2.44. The Hall–Kier alpha value is -2.93. The molecule has 0 radical (unpaired) electrons. The number of pyridine rings is 1. The Morgan fingerprint density at radius 1 is 0.970 bits per heavy atom. The number of likely N-dealkylation sites (N-methyl/N-ethyl adjacent to an activating group) is 1. The largest absolute Gasteiger partial charge is 0.454 e. The van der Waals surface area contributed by atoms with E-state index in [1.165, 1.54) is 6.92 Å². The van der Waals surface area contributed by atoms with Crippen molar-refractivity contribution in [3.8, 4) is 0 Å². The van der Waals surface area contributed by atoms with E-state index in [1.54, 1.807) is 60.7 Å². The first kappa shape index (κ1) is 23.2. The van der Waals surface area contributed by atoms with Crippen molar-refractivity contribution in [2.24, 2.45) is 0 Å². The van der Waals surface area contributed by atoms with Crippen LogP contribution in [0.4, 0.5) is 0 Å². The van der Waals surface area contributed by atoms with Crippen LogP contribution in [-0.4, -0.2) is 34.9 Å². The maximum absolute atomic E-state index is 13.6. The van der Waals surface area contributed by atoms with E-state index >= 15 is 0 Å². The second-order valence-corrected chi connectivity index (χ2v) is 8.66. The molecule has 8 heteroatoms. The molecule has 1 aromatic heterocycles. The molecule has 1 aliphatic rings. The van der Waals surface area contributed by atoms with Crippen LogP contribution in [-0.2, 0) is 19.1 Å². The van der Waals surface area contributed by atoms with Crippen molar-refractivity contribution in [2.75, 3.05) is 7.05 Å². The van der Waals surface area contributed by atoms with E-state index in [1.807, 2.05) is 24.3 Å². The minimum absolute atomic E-state index is 0.303. The molecule has 0 N–H and O–H groups in total. The third-order valence-electron chi connectivity index (χ3n) is 5.60. The normalized spacial score (nSPS) is 21.5. The number of benzene rings is 2. The molecule has 3 aromatic rings. The van der Waals surface area contributed by atoms with Crippen molar-refractivity contribution in [1.82, 2.24) is 9.88 Å². The molecule has 2 heterocycles. The number of hydrogen-bond donors (Lipinski definition) is 0. The molecule has 0 saturated carbocycles. The van der Waals surface area contributed by atoms with Gasteiger partial charge >= 0.3 is 5.97 Å². The van der Waals surface area contributed by atoms with Gasteiger partial charge < -0.3 is 14.4 Å². The molecule has 4 atom stereocenters. The van der Waals surface area contributed by atoms with Gasteiger partial charge in [0.2, 0.25) is 0 Å². The number of morpholine rings is 1. The Bertz CT molecular complexity index is 1120. The minimum atomic E-state index is -1.05. The van der Waals surface area contributed by atoms with Gasteiger partial charge in [0.25, 0.3) is 5.91 Å². The molecule has 1 saturated heterocycles. The van der Waals surface area contributed by atoms with E-state index in [9.17, 15) is 9.59 Å². The van der Waals surface area contributed by atoms with Crippen molar-refractivity contribution in [3.05, 3.63) is 99.8 Å². The summed E-state index contributed by atoms with van der Waals surface area (Å²) in [7, 11) is 1.72. The van der Waals surface area contributed by atoms with Crippen molar-refractivity contribution < 1.29 is 19.1 Å². The van der Waals surface area contributed by atoms with Gasteiger partial charge in [0.15, 0.2) is 12.2 Å². The topological polar surface area (TPSA) is 68.7 Å². The Kier molecular flexibility index (Phi) is 6.98. The molecule has 1 amide bonds. The summed E-state index contributed by atoms with van der Waals surface area (Å²) in [6.07, 6.45) is 0.634. The van der Waals surface area contributed by atoms with Crippen molar-refractivity contribution in [1.29, 1.82) is 0 Å². The van der Waals surface area contributed by atoms with Gasteiger partial charge in [-0.3, -0.25) is 14.6 Å². The Labute approximate surface area is 202 Å². The first-order chi connectivity index (χ1) is 15.8. The molecule has 0 spiro atoms. The van der Waals surface area contributed by atoms with E-state index in [4.69, 9.17) is 32.7 Å². The zero-order valence-corrected chi connectivity index (χ0v) is 19.5. The monoisotopic (exact) mass is 484 g/mol. The van der Waals surface area contributed by atoms with Crippen molar-refractivity contribution in [2.45, 2.75) is 31.3 Å². The Morgan fingerprint density at radius 2 is 1.52 bits per heavy atom. The number of ether oxygens (including phenoxy) is 2. The van der Waals surface area contributed by atoms with E-state index in [0.29, 0.717) is 15.6 Å². The number of esters is 1. The maximum Gasteiger partial charge on any atom is 0.303 e. The fourth-order valence-electron chi connectivity index (χ4n) is 4.04. The van der Waals surface area contributed by atoms with E-state index in [0.717, 1.165) is 11.1 Å². The Morgan fingerprint density at radius 3 is 2.06 bits per heavy atom. The fourth-order valence-corrected chi connectivity index (χ4v) is 4.29.